The zero-order valence-electron chi connectivity index (χ0n) is 15.4. The van der Waals surface area contributed by atoms with E-state index in [0.717, 1.165) is 30.2 Å². The Hall–Kier alpha value is -1.81. The van der Waals surface area contributed by atoms with Gasteiger partial charge >= 0.3 is 0 Å². The van der Waals surface area contributed by atoms with E-state index in [1.807, 2.05) is 6.07 Å². The van der Waals surface area contributed by atoms with Crippen molar-refractivity contribution in [2.45, 2.75) is 12.8 Å². The molecule has 0 N–H and O–H groups in total. The number of halogens is 1. The molecule has 1 aromatic heterocycles. The minimum Gasteiger partial charge on any atom is -0.304 e. The van der Waals surface area contributed by atoms with E-state index in [9.17, 15) is 0 Å². The van der Waals surface area contributed by atoms with E-state index in [-0.39, 0.29) is 0 Å². The Morgan fingerprint density at radius 2 is 1.58 bits per heavy atom. The fourth-order valence-corrected chi connectivity index (χ4v) is 4.28. The van der Waals surface area contributed by atoms with E-state index in [4.69, 9.17) is 11.6 Å². The van der Waals surface area contributed by atoms with Crippen LogP contribution in [0.5, 0.6) is 0 Å². The number of aromatic nitrogens is 1. The van der Waals surface area contributed by atoms with Crippen LogP contribution in [-0.2, 0) is 6.42 Å². The summed E-state index contributed by atoms with van der Waals surface area (Å²) in [5.41, 5.74) is 3.59. The Bertz CT molecular complexity index is 864. The van der Waals surface area contributed by atoms with Gasteiger partial charge in [0, 0.05) is 37.3 Å². The van der Waals surface area contributed by atoms with Gasteiger partial charge in [-0.1, -0.05) is 48.0 Å². The monoisotopic (exact) mass is 367 g/mol. The van der Waals surface area contributed by atoms with Crippen LogP contribution in [0.1, 0.15) is 12.0 Å². The van der Waals surface area contributed by atoms with Crippen LogP contribution < -0.4 is 0 Å². The van der Waals surface area contributed by atoms with Crippen molar-refractivity contribution in [2.24, 2.45) is 0 Å². The molecule has 4 heteroatoms. The Morgan fingerprint density at radius 1 is 0.885 bits per heavy atom. The average Bonchev–Trinajstić information content (AvgIpc) is 2.96. The molecular formula is C22H26ClN3. The highest BCUT2D eigenvalue weighted by Crippen LogP contribution is 2.33. The lowest BCUT2D eigenvalue weighted by Gasteiger charge is -2.32. The molecule has 2 aromatic carbocycles. The third-order valence-electron chi connectivity index (χ3n) is 5.43. The first-order chi connectivity index (χ1) is 12.7. The van der Waals surface area contributed by atoms with Gasteiger partial charge in [-0.2, -0.15) is 0 Å². The number of hydrogen-bond donors (Lipinski definition) is 0. The van der Waals surface area contributed by atoms with E-state index in [0.29, 0.717) is 0 Å². The van der Waals surface area contributed by atoms with Crippen molar-refractivity contribution in [1.82, 2.24) is 14.4 Å². The van der Waals surface area contributed by atoms with E-state index >= 15 is 0 Å². The van der Waals surface area contributed by atoms with Crippen LogP contribution in [0.15, 0.2) is 54.6 Å². The molecule has 4 rings (SSSR count). The van der Waals surface area contributed by atoms with Crippen molar-refractivity contribution >= 4 is 22.5 Å². The molecule has 1 saturated heterocycles. The summed E-state index contributed by atoms with van der Waals surface area (Å²) in [7, 11) is 2.20. The molecule has 0 aliphatic carbocycles. The lowest BCUT2D eigenvalue weighted by atomic mass is 10.1. The number of nitrogens with zero attached hydrogens (tertiary/aromatic N) is 3. The van der Waals surface area contributed by atoms with Crippen LogP contribution in [0.3, 0.4) is 0 Å². The highest BCUT2D eigenvalue weighted by molar-refractivity contribution is 6.32. The van der Waals surface area contributed by atoms with Crippen LogP contribution in [0, 0.1) is 0 Å². The molecule has 2 heterocycles. The van der Waals surface area contributed by atoms with Gasteiger partial charge in [0.1, 0.15) is 5.15 Å². The highest BCUT2D eigenvalue weighted by Gasteiger charge is 2.17. The Balaban J connectivity index is 1.56. The summed E-state index contributed by atoms with van der Waals surface area (Å²) in [6, 6.07) is 19.0. The molecule has 3 nitrogen and oxygen atoms in total. The maximum atomic E-state index is 6.87. The van der Waals surface area contributed by atoms with Gasteiger partial charge in [-0.15, -0.1) is 0 Å². The van der Waals surface area contributed by atoms with Crippen molar-refractivity contribution in [3.05, 3.63) is 65.3 Å². The highest BCUT2D eigenvalue weighted by atomic mass is 35.5. The second-order valence-corrected chi connectivity index (χ2v) is 7.56. The zero-order valence-corrected chi connectivity index (χ0v) is 16.1. The first-order valence-corrected chi connectivity index (χ1v) is 9.86. The maximum absolute atomic E-state index is 6.87. The van der Waals surface area contributed by atoms with E-state index in [2.05, 4.69) is 69.9 Å². The molecule has 0 atom stereocenters. The van der Waals surface area contributed by atoms with Crippen LogP contribution in [0.4, 0.5) is 0 Å². The smallest absolute Gasteiger partial charge is 0.117 e. The molecule has 1 aliphatic rings. The number of piperazine rings is 1. The first kappa shape index (κ1) is 17.6. The van der Waals surface area contributed by atoms with Gasteiger partial charge in [-0.05, 0) is 50.2 Å². The zero-order chi connectivity index (χ0) is 17.9. The van der Waals surface area contributed by atoms with Gasteiger partial charge in [-0.3, -0.25) is 4.57 Å². The minimum absolute atomic E-state index is 0.857. The van der Waals surface area contributed by atoms with Crippen molar-refractivity contribution in [1.29, 1.82) is 0 Å². The standard InChI is InChI=1S/C22H26ClN3/c1-24-14-16-25(17-15-24)13-7-11-20-19-10-5-6-12-21(19)26(22(20)23)18-8-3-2-4-9-18/h2-6,8-10,12H,7,11,13-17H2,1H3. The predicted molar refractivity (Wildman–Crippen MR) is 111 cm³/mol. The topological polar surface area (TPSA) is 11.4 Å². The second-order valence-electron chi connectivity index (χ2n) is 7.21. The lowest BCUT2D eigenvalue weighted by Crippen LogP contribution is -2.44. The number of likely N-dealkylation sites (N-methyl/N-ethyl adjacent to an activating group) is 1. The van der Waals surface area contributed by atoms with Crippen molar-refractivity contribution < 1.29 is 0 Å². The average molecular weight is 368 g/mol. The number of aryl methyl sites for hydroxylation is 1. The molecule has 136 valence electrons. The van der Waals surface area contributed by atoms with Crippen molar-refractivity contribution in [2.75, 3.05) is 39.8 Å². The normalized spacial score (nSPS) is 16.4. The van der Waals surface area contributed by atoms with E-state index in [1.165, 1.54) is 42.6 Å². The molecule has 0 spiro atoms. The largest absolute Gasteiger partial charge is 0.304 e. The van der Waals surface area contributed by atoms with Crippen molar-refractivity contribution in [3.63, 3.8) is 0 Å². The number of rotatable bonds is 5. The summed E-state index contributed by atoms with van der Waals surface area (Å²) >= 11 is 6.87. The summed E-state index contributed by atoms with van der Waals surface area (Å²) in [5, 5.41) is 2.13. The Kier molecular flexibility index (Phi) is 5.30. The lowest BCUT2D eigenvalue weighted by molar-refractivity contribution is 0.153. The molecule has 0 unspecified atom stereocenters. The first-order valence-electron chi connectivity index (χ1n) is 9.48. The molecule has 0 saturated carbocycles. The van der Waals surface area contributed by atoms with Crippen LogP contribution >= 0.6 is 11.6 Å². The fourth-order valence-electron chi connectivity index (χ4n) is 3.89. The molecule has 26 heavy (non-hydrogen) atoms. The molecule has 0 bridgehead atoms. The summed E-state index contributed by atoms with van der Waals surface area (Å²) in [5.74, 6) is 0. The SMILES string of the molecule is CN1CCN(CCCc2c(Cl)n(-c3ccccc3)c3ccccc23)CC1. The number of benzene rings is 2. The van der Waals surface area contributed by atoms with Gasteiger partial charge < -0.3 is 9.80 Å². The molecular weight excluding hydrogens is 342 g/mol. The molecule has 1 aliphatic heterocycles. The quantitative estimate of drug-likeness (QED) is 0.659. The minimum atomic E-state index is 0.857. The van der Waals surface area contributed by atoms with Crippen LogP contribution in [0.25, 0.3) is 16.6 Å². The van der Waals surface area contributed by atoms with Gasteiger partial charge in [0.15, 0.2) is 0 Å². The Morgan fingerprint density at radius 3 is 2.35 bits per heavy atom. The molecule has 0 radical (unpaired) electrons. The maximum Gasteiger partial charge on any atom is 0.117 e. The second kappa shape index (κ2) is 7.83. The van der Waals surface area contributed by atoms with Gasteiger partial charge in [-0.25, -0.2) is 0 Å². The van der Waals surface area contributed by atoms with E-state index < -0.39 is 0 Å². The number of hydrogen-bond acceptors (Lipinski definition) is 2. The van der Waals surface area contributed by atoms with E-state index in [1.54, 1.807) is 0 Å². The summed E-state index contributed by atoms with van der Waals surface area (Å²) in [6.45, 7) is 5.85. The molecule has 3 aromatic rings. The predicted octanol–water partition coefficient (Wildman–Crippen LogP) is 4.46. The Labute approximate surface area is 160 Å². The third kappa shape index (κ3) is 3.52. The fraction of sp³-hybridized carbons (Fsp3) is 0.364. The number of fused-ring (bicyclic) bond motifs is 1. The molecule has 1 fully saturated rings. The van der Waals surface area contributed by atoms with Crippen molar-refractivity contribution in [3.8, 4) is 5.69 Å². The summed E-state index contributed by atoms with van der Waals surface area (Å²) in [6.07, 6.45) is 2.16. The third-order valence-corrected chi connectivity index (χ3v) is 5.82. The van der Waals surface area contributed by atoms with Gasteiger partial charge in [0.25, 0.3) is 0 Å². The molecule has 0 amide bonds. The van der Waals surface area contributed by atoms with Crippen LogP contribution in [0.2, 0.25) is 5.15 Å². The van der Waals surface area contributed by atoms with Gasteiger partial charge in [0.2, 0.25) is 0 Å². The number of para-hydroxylation sites is 2. The van der Waals surface area contributed by atoms with Crippen LogP contribution in [-0.4, -0.2) is 54.1 Å². The summed E-state index contributed by atoms with van der Waals surface area (Å²) < 4.78 is 2.18. The van der Waals surface area contributed by atoms with Gasteiger partial charge in [0.05, 0.1) is 5.52 Å². The summed E-state index contributed by atoms with van der Waals surface area (Å²) in [4.78, 5) is 4.98.